The standard InChI is InChI=1S/C66H44N2/c1-3-17-47(18-4-1)65-58-25-9-11-27-60(58)66(61-28-12-10-26-59(61)65)48-34-39-55(40-35-48)67(56-23-15-20-50(43-56)51-31-30-45-16-7-8-19-49(45)42-51)54-37-32-46(33-38-54)52-36-41-64-62(44-52)57-24-13-14-29-63(57)68(64)53-21-5-2-6-22-53/h1-44H. The van der Waals surface area contributed by atoms with E-state index in [2.05, 4.69) is 276 Å². The van der Waals surface area contributed by atoms with Crippen molar-refractivity contribution in [2.45, 2.75) is 0 Å². The van der Waals surface area contributed by atoms with Crippen LogP contribution in [0.1, 0.15) is 0 Å². The molecule has 2 nitrogen and oxygen atoms in total. The third-order valence-corrected chi connectivity index (χ3v) is 13.7. The van der Waals surface area contributed by atoms with E-state index in [1.807, 2.05) is 0 Å². The van der Waals surface area contributed by atoms with E-state index in [4.69, 9.17) is 0 Å². The van der Waals surface area contributed by atoms with Crippen LogP contribution in [-0.2, 0) is 0 Å². The Bertz CT molecular complexity index is 3940. The number of benzene rings is 12. The topological polar surface area (TPSA) is 8.17 Å². The lowest BCUT2D eigenvalue weighted by Crippen LogP contribution is -2.10. The summed E-state index contributed by atoms with van der Waals surface area (Å²) in [5, 5.41) is 9.97. The van der Waals surface area contributed by atoms with Crippen molar-refractivity contribution >= 4 is 71.2 Å². The van der Waals surface area contributed by atoms with Crippen molar-refractivity contribution in [3.63, 3.8) is 0 Å². The van der Waals surface area contributed by atoms with Crippen molar-refractivity contribution in [3.05, 3.63) is 267 Å². The van der Waals surface area contributed by atoms with Gasteiger partial charge in [-0.05, 0) is 150 Å². The summed E-state index contributed by atoms with van der Waals surface area (Å²) in [5.41, 5.74) is 16.5. The fraction of sp³-hybridized carbons (Fsp3) is 0. The lowest BCUT2D eigenvalue weighted by molar-refractivity contribution is 1.18. The molecule has 0 amide bonds. The Balaban J connectivity index is 0.931. The van der Waals surface area contributed by atoms with Gasteiger partial charge in [0.15, 0.2) is 0 Å². The van der Waals surface area contributed by atoms with Crippen LogP contribution in [0.3, 0.4) is 0 Å². The number of fused-ring (bicyclic) bond motifs is 6. The van der Waals surface area contributed by atoms with E-state index >= 15 is 0 Å². The van der Waals surface area contributed by atoms with E-state index in [-0.39, 0.29) is 0 Å². The molecule has 0 aliphatic rings. The minimum Gasteiger partial charge on any atom is -0.310 e. The molecule has 0 atom stereocenters. The lowest BCUT2D eigenvalue weighted by Gasteiger charge is -2.27. The fourth-order valence-electron chi connectivity index (χ4n) is 10.6. The van der Waals surface area contributed by atoms with Crippen molar-refractivity contribution in [1.82, 2.24) is 4.57 Å². The molecule has 68 heavy (non-hydrogen) atoms. The lowest BCUT2D eigenvalue weighted by atomic mass is 9.86. The van der Waals surface area contributed by atoms with E-state index in [0.29, 0.717) is 0 Å². The Kier molecular flexibility index (Phi) is 9.54. The molecule has 0 radical (unpaired) electrons. The van der Waals surface area contributed by atoms with Crippen LogP contribution in [0.15, 0.2) is 267 Å². The smallest absolute Gasteiger partial charge is 0.0541 e. The molecular weight excluding hydrogens is 821 g/mol. The first kappa shape index (κ1) is 39.4. The molecule has 0 spiro atoms. The van der Waals surface area contributed by atoms with Crippen molar-refractivity contribution in [2.24, 2.45) is 0 Å². The molecule has 0 fully saturated rings. The van der Waals surface area contributed by atoms with Crippen LogP contribution in [-0.4, -0.2) is 4.57 Å². The highest BCUT2D eigenvalue weighted by Crippen LogP contribution is 2.45. The minimum absolute atomic E-state index is 1.09. The normalized spacial score (nSPS) is 11.5. The first-order chi connectivity index (χ1) is 33.7. The van der Waals surface area contributed by atoms with Gasteiger partial charge >= 0.3 is 0 Å². The van der Waals surface area contributed by atoms with Gasteiger partial charge in [0.1, 0.15) is 0 Å². The first-order valence-corrected chi connectivity index (χ1v) is 23.4. The maximum absolute atomic E-state index is 2.39. The number of hydrogen-bond donors (Lipinski definition) is 0. The zero-order chi connectivity index (χ0) is 45.0. The van der Waals surface area contributed by atoms with Gasteiger partial charge in [-0.3, -0.25) is 0 Å². The van der Waals surface area contributed by atoms with E-state index < -0.39 is 0 Å². The number of para-hydroxylation sites is 2. The minimum atomic E-state index is 1.09. The summed E-state index contributed by atoms with van der Waals surface area (Å²) in [5.74, 6) is 0. The summed E-state index contributed by atoms with van der Waals surface area (Å²) in [4.78, 5) is 2.39. The molecule has 0 unspecified atom stereocenters. The molecule has 0 aliphatic carbocycles. The summed E-state index contributed by atoms with van der Waals surface area (Å²) in [6, 6.07) is 97.4. The van der Waals surface area contributed by atoms with Crippen LogP contribution in [0.25, 0.3) is 104 Å². The van der Waals surface area contributed by atoms with Gasteiger partial charge in [0.05, 0.1) is 11.0 Å². The Morgan fingerprint density at radius 2 is 0.691 bits per heavy atom. The zero-order valence-corrected chi connectivity index (χ0v) is 37.3. The van der Waals surface area contributed by atoms with Crippen LogP contribution in [0.4, 0.5) is 17.1 Å². The zero-order valence-electron chi connectivity index (χ0n) is 37.3. The van der Waals surface area contributed by atoms with Gasteiger partial charge in [0, 0.05) is 33.5 Å². The predicted molar refractivity (Wildman–Crippen MR) is 290 cm³/mol. The second-order valence-corrected chi connectivity index (χ2v) is 17.7. The number of aromatic nitrogens is 1. The van der Waals surface area contributed by atoms with Crippen LogP contribution in [0.2, 0.25) is 0 Å². The molecule has 13 aromatic rings. The highest BCUT2D eigenvalue weighted by Gasteiger charge is 2.19. The van der Waals surface area contributed by atoms with E-state index in [9.17, 15) is 0 Å². The van der Waals surface area contributed by atoms with E-state index in [1.54, 1.807) is 0 Å². The van der Waals surface area contributed by atoms with Gasteiger partial charge in [-0.25, -0.2) is 0 Å². The molecule has 0 saturated heterocycles. The van der Waals surface area contributed by atoms with E-state index in [1.165, 1.54) is 98.6 Å². The Labute approximate surface area is 395 Å². The number of hydrogen-bond acceptors (Lipinski definition) is 1. The largest absolute Gasteiger partial charge is 0.310 e. The van der Waals surface area contributed by atoms with Gasteiger partial charge < -0.3 is 9.47 Å². The van der Waals surface area contributed by atoms with Gasteiger partial charge in [-0.15, -0.1) is 0 Å². The molecule has 2 heteroatoms. The third-order valence-electron chi connectivity index (χ3n) is 13.7. The molecule has 1 aromatic heterocycles. The van der Waals surface area contributed by atoms with Crippen LogP contribution in [0.5, 0.6) is 0 Å². The maximum atomic E-state index is 2.39. The van der Waals surface area contributed by atoms with Crippen molar-refractivity contribution < 1.29 is 0 Å². The highest BCUT2D eigenvalue weighted by atomic mass is 15.1. The molecular formula is C66H44N2. The summed E-state index contributed by atoms with van der Waals surface area (Å²) in [6.45, 7) is 0. The molecule has 0 N–H and O–H groups in total. The van der Waals surface area contributed by atoms with Gasteiger partial charge in [-0.2, -0.15) is 0 Å². The summed E-state index contributed by atoms with van der Waals surface area (Å²) < 4.78 is 2.37. The predicted octanol–water partition coefficient (Wildman–Crippen LogP) is 18.4. The second kappa shape index (κ2) is 16.5. The van der Waals surface area contributed by atoms with Crippen molar-refractivity contribution in [3.8, 4) is 50.2 Å². The third kappa shape index (κ3) is 6.73. The first-order valence-electron chi connectivity index (χ1n) is 23.4. The molecule has 13 rings (SSSR count). The molecule has 0 saturated carbocycles. The van der Waals surface area contributed by atoms with Crippen LogP contribution < -0.4 is 4.90 Å². The molecule has 12 aromatic carbocycles. The molecule has 318 valence electrons. The van der Waals surface area contributed by atoms with Gasteiger partial charge in [0.2, 0.25) is 0 Å². The molecule has 0 bridgehead atoms. The second-order valence-electron chi connectivity index (χ2n) is 17.7. The summed E-state index contributed by atoms with van der Waals surface area (Å²) >= 11 is 0. The van der Waals surface area contributed by atoms with Crippen LogP contribution in [0, 0.1) is 0 Å². The number of nitrogens with zero attached hydrogens (tertiary/aromatic N) is 2. The average Bonchev–Trinajstić information content (AvgIpc) is 3.75. The highest BCUT2D eigenvalue weighted by molar-refractivity contribution is 6.21. The van der Waals surface area contributed by atoms with Gasteiger partial charge in [-0.1, -0.05) is 194 Å². The summed E-state index contributed by atoms with van der Waals surface area (Å²) in [6.07, 6.45) is 0. The maximum Gasteiger partial charge on any atom is 0.0541 e. The SMILES string of the molecule is c1ccc(-c2c3ccccc3c(-c3ccc(N(c4ccc(-c5ccc6c(c5)c5ccccc5n6-c5ccccc5)cc4)c4cccc(-c5ccc6ccccc6c5)c4)cc3)c3ccccc23)cc1. The van der Waals surface area contributed by atoms with Crippen molar-refractivity contribution in [2.75, 3.05) is 4.90 Å². The van der Waals surface area contributed by atoms with Gasteiger partial charge in [0.25, 0.3) is 0 Å². The monoisotopic (exact) mass is 864 g/mol. The fourth-order valence-corrected chi connectivity index (χ4v) is 10.6. The Morgan fingerprint density at radius 3 is 1.35 bits per heavy atom. The Hall–Kier alpha value is -8.98. The number of anilines is 3. The van der Waals surface area contributed by atoms with Crippen molar-refractivity contribution in [1.29, 1.82) is 0 Å². The molecule has 1 heterocycles. The molecule has 0 aliphatic heterocycles. The quantitative estimate of drug-likeness (QED) is 0.138. The number of rotatable bonds is 8. The van der Waals surface area contributed by atoms with Crippen LogP contribution >= 0.6 is 0 Å². The Morgan fingerprint density at radius 1 is 0.235 bits per heavy atom. The average molecular weight is 865 g/mol. The van der Waals surface area contributed by atoms with E-state index in [0.717, 1.165) is 22.7 Å². The summed E-state index contributed by atoms with van der Waals surface area (Å²) in [7, 11) is 0.